The van der Waals surface area contributed by atoms with Gasteiger partial charge in [0.05, 0.1) is 5.69 Å². The molecule has 1 heterocycles. The van der Waals surface area contributed by atoms with Crippen LogP contribution in [0.5, 0.6) is 0 Å². The normalized spacial score (nSPS) is 11.3. The lowest BCUT2D eigenvalue weighted by Crippen LogP contribution is -2.06. The van der Waals surface area contributed by atoms with Gasteiger partial charge in [-0.15, -0.1) is 11.3 Å². The third kappa shape index (κ3) is 3.41. The van der Waals surface area contributed by atoms with E-state index in [4.69, 9.17) is 0 Å². The molecule has 0 amide bonds. The number of thiazole rings is 1. The summed E-state index contributed by atoms with van der Waals surface area (Å²) in [4.78, 5) is 5.89. The summed E-state index contributed by atoms with van der Waals surface area (Å²) < 4.78 is 14.2. The van der Waals surface area contributed by atoms with Crippen LogP contribution >= 0.6 is 27.3 Å². The van der Waals surface area contributed by atoms with Crippen molar-refractivity contribution >= 4 is 27.3 Å². The molecule has 0 unspecified atom stereocenters. The van der Waals surface area contributed by atoms with Gasteiger partial charge in [0.1, 0.15) is 10.8 Å². The SMILES string of the molecule is CNCc1sc(-c2cc(F)cc(Br)c2)nc1C(C)C. The second-order valence-corrected chi connectivity index (χ2v) is 6.67. The monoisotopic (exact) mass is 342 g/mol. The summed E-state index contributed by atoms with van der Waals surface area (Å²) in [6, 6.07) is 4.88. The molecule has 0 atom stereocenters. The van der Waals surface area contributed by atoms with E-state index in [9.17, 15) is 4.39 Å². The van der Waals surface area contributed by atoms with Crippen molar-refractivity contribution in [2.24, 2.45) is 0 Å². The van der Waals surface area contributed by atoms with Crippen LogP contribution < -0.4 is 5.32 Å². The van der Waals surface area contributed by atoms with E-state index in [0.717, 1.165) is 27.3 Å². The van der Waals surface area contributed by atoms with Gasteiger partial charge in [-0.05, 0) is 31.2 Å². The van der Waals surface area contributed by atoms with E-state index in [2.05, 4.69) is 40.1 Å². The first kappa shape index (κ1) is 14.6. The minimum absolute atomic E-state index is 0.249. The average molecular weight is 343 g/mol. The minimum Gasteiger partial charge on any atom is -0.315 e. The maximum Gasteiger partial charge on any atom is 0.125 e. The molecule has 0 saturated carbocycles. The van der Waals surface area contributed by atoms with E-state index in [1.807, 2.05) is 13.1 Å². The summed E-state index contributed by atoms with van der Waals surface area (Å²) in [6.07, 6.45) is 0. The Hall–Kier alpha value is -0.780. The predicted molar refractivity (Wildman–Crippen MR) is 82.1 cm³/mol. The van der Waals surface area contributed by atoms with Crippen LogP contribution in [0, 0.1) is 5.82 Å². The quantitative estimate of drug-likeness (QED) is 0.881. The zero-order valence-electron chi connectivity index (χ0n) is 11.1. The van der Waals surface area contributed by atoms with E-state index in [-0.39, 0.29) is 5.82 Å². The number of hydrogen-bond acceptors (Lipinski definition) is 3. The summed E-state index contributed by atoms with van der Waals surface area (Å²) >= 11 is 4.94. The molecule has 2 nitrogen and oxygen atoms in total. The molecular weight excluding hydrogens is 327 g/mol. The maximum absolute atomic E-state index is 13.5. The lowest BCUT2D eigenvalue weighted by molar-refractivity contribution is 0.627. The molecule has 0 bridgehead atoms. The summed E-state index contributed by atoms with van der Waals surface area (Å²) in [6.45, 7) is 5.04. The highest BCUT2D eigenvalue weighted by molar-refractivity contribution is 9.10. The Morgan fingerprint density at radius 1 is 1.37 bits per heavy atom. The Kier molecular flexibility index (Phi) is 4.71. The highest BCUT2D eigenvalue weighted by Gasteiger charge is 2.15. The molecule has 0 aliphatic carbocycles. The van der Waals surface area contributed by atoms with E-state index in [1.54, 1.807) is 11.3 Å². The zero-order valence-corrected chi connectivity index (χ0v) is 13.5. The van der Waals surface area contributed by atoms with E-state index >= 15 is 0 Å². The first-order valence-corrected chi connectivity index (χ1v) is 7.73. The lowest BCUT2D eigenvalue weighted by atomic mass is 10.1. The second-order valence-electron chi connectivity index (χ2n) is 4.67. The molecule has 0 aliphatic heterocycles. The predicted octanol–water partition coefficient (Wildman–Crippen LogP) is 4.55. The fourth-order valence-corrected chi connectivity index (χ4v) is 3.58. The Bertz CT molecular complexity index is 561. The van der Waals surface area contributed by atoms with Crippen molar-refractivity contribution in [2.45, 2.75) is 26.3 Å². The van der Waals surface area contributed by atoms with Crippen molar-refractivity contribution in [3.05, 3.63) is 39.1 Å². The van der Waals surface area contributed by atoms with Gasteiger partial charge < -0.3 is 5.32 Å². The van der Waals surface area contributed by atoms with Crippen molar-refractivity contribution in [1.29, 1.82) is 0 Å². The topological polar surface area (TPSA) is 24.9 Å². The van der Waals surface area contributed by atoms with Crippen molar-refractivity contribution in [3.8, 4) is 10.6 Å². The van der Waals surface area contributed by atoms with Gasteiger partial charge >= 0.3 is 0 Å². The molecule has 19 heavy (non-hydrogen) atoms. The molecule has 0 fully saturated rings. The number of nitrogens with zero attached hydrogens (tertiary/aromatic N) is 1. The third-order valence-corrected chi connectivity index (χ3v) is 4.30. The molecule has 0 radical (unpaired) electrons. The summed E-state index contributed by atoms with van der Waals surface area (Å²) in [5.41, 5.74) is 1.91. The van der Waals surface area contributed by atoms with Crippen LogP contribution in [-0.2, 0) is 6.54 Å². The van der Waals surface area contributed by atoms with Gasteiger partial charge in [0, 0.05) is 21.5 Å². The van der Waals surface area contributed by atoms with Crippen LogP contribution in [0.2, 0.25) is 0 Å². The summed E-state index contributed by atoms with van der Waals surface area (Å²) in [5, 5.41) is 4.02. The number of rotatable bonds is 4. The first-order chi connectivity index (χ1) is 9.01. The number of halogens is 2. The molecule has 102 valence electrons. The van der Waals surface area contributed by atoms with Crippen LogP contribution in [0.1, 0.15) is 30.3 Å². The molecule has 0 aliphatic rings. The van der Waals surface area contributed by atoms with Crippen molar-refractivity contribution in [1.82, 2.24) is 10.3 Å². The highest BCUT2D eigenvalue weighted by Crippen LogP contribution is 2.33. The van der Waals surface area contributed by atoms with E-state index < -0.39 is 0 Å². The van der Waals surface area contributed by atoms with E-state index in [0.29, 0.717) is 5.92 Å². The molecule has 2 rings (SSSR count). The Labute approximate surface area is 125 Å². The largest absolute Gasteiger partial charge is 0.315 e. The standard InChI is InChI=1S/C14H16BrFN2S/c1-8(2)13-12(7-17-3)19-14(18-13)9-4-10(15)6-11(16)5-9/h4-6,8,17H,7H2,1-3H3. The van der Waals surface area contributed by atoms with E-state index in [1.165, 1.54) is 17.0 Å². The molecule has 1 aromatic carbocycles. The highest BCUT2D eigenvalue weighted by atomic mass is 79.9. The van der Waals surface area contributed by atoms with Crippen LogP contribution in [0.3, 0.4) is 0 Å². The second kappa shape index (κ2) is 6.11. The van der Waals surface area contributed by atoms with Crippen molar-refractivity contribution in [3.63, 3.8) is 0 Å². The van der Waals surface area contributed by atoms with Gasteiger partial charge in [-0.3, -0.25) is 0 Å². The fraction of sp³-hybridized carbons (Fsp3) is 0.357. The van der Waals surface area contributed by atoms with Crippen LogP contribution in [0.25, 0.3) is 10.6 Å². The number of benzene rings is 1. The number of nitrogens with one attached hydrogen (secondary N) is 1. The fourth-order valence-electron chi connectivity index (χ4n) is 1.90. The smallest absolute Gasteiger partial charge is 0.125 e. The molecule has 1 aromatic heterocycles. The Balaban J connectivity index is 2.47. The van der Waals surface area contributed by atoms with Gasteiger partial charge in [-0.1, -0.05) is 29.8 Å². The van der Waals surface area contributed by atoms with Gasteiger partial charge in [0.25, 0.3) is 0 Å². The molecule has 1 N–H and O–H groups in total. The zero-order chi connectivity index (χ0) is 14.0. The number of aromatic nitrogens is 1. The van der Waals surface area contributed by atoms with Crippen LogP contribution in [0.15, 0.2) is 22.7 Å². The maximum atomic E-state index is 13.5. The average Bonchev–Trinajstić information content (AvgIpc) is 2.72. The molecule has 2 aromatic rings. The van der Waals surface area contributed by atoms with Gasteiger partial charge in [-0.25, -0.2) is 9.37 Å². The Morgan fingerprint density at radius 3 is 2.68 bits per heavy atom. The number of hydrogen-bond donors (Lipinski definition) is 1. The van der Waals surface area contributed by atoms with Gasteiger partial charge in [-0.2, -0.15) is 0 Å². The summed E-state index contributed by atoms with van der Waals surface area (Å²) in [5.74, 6) is 0.117. The minimum atomic E-state index is -0.249. The van der Waals surface area contributed by atoms with Gasteiger partial charge in [0.2, 0.25) is 0 Å². The molecule has 0 spiro atoms. The van der Waals surface area contributed by atoms with Crippen LogP contribution in [0.4, 0.5) is 4.39 Å². The lowest BCUT2D eigenvalue weighted by Gasteiger charge is -2.03. The Morgan fingerprint density at radius 2 is 2.11 bits per heavy atom. The van der Waals surface area contributed by atoms with Crippen LogP contribution in [-0.4, -0.2) is 12.0 Å². The van der Waals surface area contributed by atoms with Crippen molar-refractivity contribution in [2.75, 3.05) is 7.05 Å². The molecule has 0 saturated heterocycles. The first-order valence-electron chi connectivity index (χ1n) is 6.12. The van der Waals surface area contributed by atoms with Gasteiger partial charge in [0.15, 0.2) is 0 Å². The molecular formula is C14H16BrFN2S. The molecule has 5 heteroatoms. The van der Waals surface area contributed by atoms with Crippen molar-refractivity contribution < 1.29 is 4.39 Å². The third-order valence-electron chi connectivity index (χ3n) is 2.72. The summed E-state index contributed by atoms with van der Waals surface area (Å²) in [7, 11) is 1.92.